The Bertz CT molecular complexity index is 330. The molecular weight excluding hydrogens is 160 g/mol. The molecule has 0 radical (unpaired) electrons. The second-order valence-electron chi connectivity index (χ2n) is 2.41. The largest absolute Gasteiger partial charge is 0.507 e. The van der Waals surface area contributed by atoms with Gasteiger partial charge in [-0.15, -0.1) is 0 Å². The van der Waals surface area contributed by atoms with Gasteiger partial charge in [0, 0.05) is 6.07 Å². The fourth-order valence-corrected chi connectivity index (χ4v) is 0.848. The number of phenols is 3. The number of Topliss-reactive ketones (excluding diaryl/α,β-unsaturated/α-hetero) is 1. The molecule has 0 spiro atoms. The molecule has 4 nitrogen and oxygen atoms in total. The molecule has 1 rings (SSSR count). The molecule has 0 unspecified atom stereocenters. The van der Waals surface area contributed by atoms with Crippen molar-refractivity contribution in [3.63, 3.8) is 0 Å². The summed E-state index contributed by atoms with van der Waals surface area (Å²) in [6.07, 6.45) is 0. The van der Waals surface area contributed by atoms with Gasteiger partial charge in [0.2, 0.25) is 0 Å². The van der Waals surface area contributed by atoms with E-state index in [0.29, 0.717) is 0 Å². The van der Waals surface area contributed by atoms with Crippen molar-refractivity contribution < 1.29 is 20.1 Å². The molecule has 0 saturated heterocycles. The van der Waals surface area contributed by atoms with Crippen LogP contribution in [-0.4, -0.2) is 21.1 Å². The highest BCUT2D eigenvalue weighted by atomic mass is 16.3. The van der Waals surface area contributed by atoms with Crippen molar-refractivity contribution in [2.45, 2.75) is 6.92 Å². The second-order valence-corrected chi connectivity index (χ2v) is 2.41. The van der Waals surface area contributed by atoms with E-state index in [9.17, 15) is 4.79 Å². The molecule has 0 aromatic heterocycles. The van der Waals surface area contributed by atoms with Gasteiger partial charge < -0.3 is 15.3 Å². The third-order valence-corrected chi connectivity index (χ3v) is 1.47. The van der Waals surface area contributed by atoms with E-state index in [1.807, 2.05) is 0 Å². The first-order valence-corrected chi connectivity index (χ1v) is 3.28. The minimum absolute atomic E-state index is 0.00898. The van der Waals surface area contributed by atoms with Gasteiger partial charge in [0.15, 0.2) is 17.3 Å². The summed E-state index contributed by atoms with van der Waals surface area (Å²) in [5.74, 6) is -1.57. The maximum Gasteiger partial charge on any atom is 0.163 e. The van der Waals surface area contributed by atoms with Crippen LogP contribution in [0.4, 0.5) is 0 Å². The molecule has 0 atom stereocenters. The Morgan fingerprint density at radius 2 is 1.58 bits per heavy atom. The van der Waals surface area contributed by atoms with Gasteiger partial charge in [0.25, 0.3) is 0 Å². The molecule has 0 aliphatic heterocycles. The number of benzene rings is 1. The smallest absolute Gasteiger partial charge is 0.163 e. The van der Waals surface area contributed by atoms with Crippen LogP contribution in [0, 0.1) is 0 Å². The minimum atomic E-state index is -0.447. The van der Waals surface area contributed by atoms with Crippen LogP contribution in [0.5, 0.6) is 17.2 Å². The van der Waals surface area contributed by atoms with Crippen LogP contribution < -0.4 is 0 Å². The molecule has 4 heteroatoms. The molecule has 1 aromatic rings. The normalized spacial score (nSPS) is 9.75. The summed E-state index contributed by atoms with van der Waals surface area (Å²) in [5, 5.41) is 26.9. The Labute approximate surface area is 68.7 Å². The SMILES string of the molecule is CC(=O)c1cc(O)c(O)cc1O. The van der Waals surface area contributed by atoms with Crippen LogP contribution in [-0.2, 0) is 0 Å². The fraction of sp³-hybridized carbons (Fsp3) is 0.125. The fourth-order valence-electron chi connectivity index (χ4n) is 0.848. The topological polar surface area (TPSA) is 77.8 Å². The highest BCUT2D eigenvalue weighted by Gasteiger charge is 2.10. The van der Waals surface area contributed by atoms with E-state index in [1.54, 1.807) is 0 Å². The molecule has 0 fully saturated rings. The standard InChI is InChI=1S/C8H8O4/c1-4(9)5-2-7(11)8(12)3-6(5)10/h2-3,10-12H,1H3. The van der Waals surface area contributed by atoms with Gasteiger partial charge in [-0.25, -0.2) is 0 Å². The Morgan fingerprint density at radius 3 is 2.08 bits per heavy atom. The van der Waals surface area contributed by atoms with E-state index in [4.69, 9.17) is 15.3 Å². The molecule has 12 heavy (non-hydrogen) atoms. The molecule has 0 amide bonds. The number of aromatic hydroxyl groups is 3. The van der Waals surface area contributed by atoms with Gasteiger partial charge in [0.05, 0.1) is 5.56 Å². The van der Waals surface area contributed by atoms with Crippen molar-refractivity contribution in [1.82, 2.24) is 0 Å². The Morgan fingerprint density at radius 1 is 1.08 bits per heavy atom. The Balaban J connectivity index is 3.33. The summed E-state index contributed by atoms with van der Waals surface area (Å²) in [7, 11) is 0. The van der Waals surface area contributed by atoms with Gasteiger partial charge >= 0.3 is 0 Å². The van der Waals surface area contributed by atoms with Gasteiger partial charge in [-0.3, -0.25) is 4.79 Å². The van der Waals surface area contributed by atoms with E-state index >= 15 is 0 Å². The zero-order valence-corrected chi connectivity index (χ0v) is 6.40. The summed E-state index contributed by atoms with van der Waals surface area (Å²) in [6.45, 7) is 1.26. The quantitative estimate of drug-likeness (QED) is 0.332. The van der Waals surface area contributed by atoms with E-state index in [-0.39, 0.29) is 17.1 Å². The third kappa shape index (κ3) is 1.32. The molecule has 0 aliphatic carbocycles. The number of ketones is 1. The maximum atomic E-state index is 10.8. The zero-order valence-electron chi connectivity index (χ0n) is 6.40. The lowest BCUT2D eigenvalue weighted by molar-refractivity contribution is 0.101. The summed E-state index contributed by atoms with van der Waals surface area (Å²) >= 11 is 0. The number of hydrogen-bond donors (Lipinski definition) is 3. The molecular formula is C8H8O4. The van der Waals surface area contributed by atoms with Crippen LogP contribution >= 0.6 is 0 Å². The van der Waals surface area contributed by atoms with Gasteiger partial charge in [0.1, 0.15) is 5.75 Å². The summed E-state index contributed by atoms with van der Waals surface area (Å²) in [4.78, 5) is 10.8. The van der Waals surface area contributed by atoms with E-state index in [0.717, 1.165) is 12.1 Å². The molecule has 0 bridgehead atoms. The predicted molar refractivity (Wildman–Crippen MR) is 41.4 cm³/mol. The monoisotopic (exact) mass is 168 g/mol. The van der Waals surface area contributed by atoms with Crippen molar-refractivity contribution in [2.75, 3.05) is 0 Å². The summed E-state index contributed by atoms with van der Waals surface area (Å²) in [6, 6.07) is 1.94. The molecule has 0 aliphatic rings. The Hall–Kier alpha value is -1.71. The van der Waals surface area contributed by atoms with Crippen molar-refractivity contribution in [1.29, 1.82) is 0 Å². The lowest BCUT2D eigenvalue weighted by Gasteiger charge is -2.02. The van der Waals surface area contributed by atoms with Crippen LogP contribution in [0.2, 0.25) is 0 Å². The predicted octanol–water partition coefficient (Wildman–Crippen LogP) is 1.01. The number of carbonyl (C=O) groups excluding carboxylic acids is 1. The van der Waals surface area contributed by atoms with Gasteiger partial charge in [-0.2, -0.15) is 0 Å². The first-order chi connectivity index (χ1) is 5.52. The van der Waals surface area contributed by atoms with Crippen LogP contribution in [0.3, 0.4) is 0 Å². The summed E-state index contributed by atoms with van der Waals surface area (Å²) < 4.78 is 0. The first kappa shape index (κ1) is 8.39. The highest BCUT2D eigenvalue weighted by Crippen LogP contribution is 2.32. The van der Waals surface area contributed by atoms with Crippen molar-refractivity contribution in [2.24, 2.45) is 0 Å². The number of carbonyl (C=O) groups is 1. The number of hydrogen-bond acceptors (Lipinski definition) is 4. The van der Waals surface area contributed by atoms with E-state index < -0.39 is 11.5 Å². The van der Waals surface area contributed by atoms with E-state index in [1.165, 1.54) is 6.92 Å². The van der Waals surface area contributed by atoms with Crippen molar-refractivity contribution >= 4 is 5.78 Å². The average Bonchev–Trinajstić information content (AvgIpc) is 1.96. The molecule has 0 heterocycles. The number of phenolic OH excluding ortho intramolecular Hbond substituents is 3. The lowest BCUT2D eigenvalue weighted by atomic mass is 10.1. The van der Waals surface area contributed by atoms with Gasteiger partial charge in [-0.05, 0) is 13.0 Å². The van der Waals surface area contributed by atoms with Crippen molar-refractivity contribution in [3.8, 4) is 17.2 Å². The average molecular weight is 168 g/mol. The molecule has 1 aromatic carbocycles. The second kappa shape index (κ2) is 2.73. The third-order valence-electron chi connectivity index (χ3n) is 1.47. The van der Waals surface area contributed by atoms with Crippen molar-refractivity contribution in [3.05, 3.63) is 17.7 Å². The molecule has 3 N–H and O–H groups in total. The van der Waals surface area contributed by atoms with Gasteiger partial charge in [-0.1, -0.05) is 0 Å². The number of rotatable bonds is 1. The lowest BCUT2D eigenvalue weighted by Crippen LogP contribution is -1.91. The minimum Gasteiger partial charge on any atom is -0.507 e. The Kier molecular flexibility index (Phi) is 1.91. The molecule has 64 valence electrons. The first-order valence-electron chi connectivity index (χ1n) is 3.28. The maximum absolute atomic E-state index is 10.8. The van der Waals surface area contributed by atoms with Crippen LogP contribution in [0.15, 0.2) is 12.1 Å². The molecule has 0 saturated carbocycles. The van der Waals surface area contributed by atoms with E-state index in [2.05, 4.69) is 0 Å². The highest BCUT2D eigenvalue weighted by molar-refractivity contribution is 5.97. The van der Waals surface area contributed by atoms with Crippen LogP contribution in [0.25, 0.3) is 0 Å². The zero-order chi connectivity index (χ0) is 9.30. The summed E-state index contributed by atoms with van der Waals surface area (Å²) in [5.41, 5.74) is -0.00898. The van der Waals surface area contributed by atoms with Crippen LogP contribution in [0.1, 0.15) is 17.3 Å².